The summed E-state index contributed by atoms with van der Waals surface area (Å²) in [6.45, 7) is 0.758. The molecule has 4 nitrogen and oxygen atoms in total. The van der Waals surface area contributed by atoms with Crippen molar-refractivity contribution in [1.82, 2.24) is 15.0 Å². The molecule has 0 spiro atoms. The lowest BCUT2D eigenvalue weighted by Crippen LogP contribution is -2.01. The normalized spacial score (nSPS) is 15.0. The molecule has 0 radical (unpaired) electrons. The van der Waals surface area contributed by atoms with Gasteiger partial charge in [0.05, 0.1) is 11.6 Å². The number of aromatic nitrogens is 3. The fraction of sp³-hybridized carbons (Fsp3) is 0.364. The molecular formula is C11H12N4S. The van der Waals surface area contributed by atoms with Crippen molar-refractivity contribution in [2.45, 2.75) is 25.3 Å². The number of rotatable bonds is 4. The fourth-order valence-electron chi connectivity index (χ4n) is 1.48. The summed E-state index contributed by atoms with van der Waals surface area (Å²) in [6.07, 6.45) is 8.04. The van der Waals surface area contributed by atoms with Gasteiger partial charge < -0.3 is 5.32 Å². The molecule has 1 N–H and O–H groups in total. The van der Waals surface area contributed by atoms with Crippen LogP contribution in [0.1, 0.15) is 28.6 Å². The van der Waals surface area contributed by atoms with Crippen LogP contribution in [-0.2, 0) is 6.54 Å². The van der Waals surface area contributed by atoms with Crippen molar-refractivity contribution in [3.8, 4) is 0 Å². The topological polar surface area (TPSA) is 50.7 Å². The van der Waals surface area contributed by atoms with E-state index in [0.717, 1.165) is 12.5 Å². The predicted octanol–water partition coefficient (Wildman–Crippen LogP) is 2.42. The zero-order valence-electron chi connectivity index (χ0n) is 8.76. The first-order valence-corrected chi connectivity index (χ1v) is 6.19. The van der Waals surface area contributed by atoms with Crippen LogP contribution < -0.4 is 5.32 Å². The molecule has 0 unspecified atom stereocenters. The van der Waals surface area contributed by atoms with E-state index in [9.17, 15) is 0 Å². The summed E-state index contributed by atoms with van der Waals surface area (Å²) in [7, 11) is 0. The van der Waals surface area contributed by atoms with E-state index in [4.69, 9.17) is 0 Å². The monoisotopic (exact) mass is 232 g/mol. The van der Waals surface area contributed by atoms with Crippen LogP contribution in [0.3, 0.4) is 0 Å². The van der Waals surface area contributed by atoms with Gasteiger partial charge in [-0.15, -0.1) is 11.3 Å². The Balaban J connectivity index is 1.61. The van der Waals surface area contributed by atoms with Crippen molar-refractivity contribution < 1.29 is 0 Å². The van der Waals surface area contributed by atoms with Crippen molar-refractivity contribution >= 4 is 17.3 Å². The standard InChI is InChI=1S/C11H12N4S/c1-4-12-11(13-5-1)15-7-9-6-14-10(16-9)8-2-3-8/h1,4-6,8H,2-3,7H2,(H,12,13,15). The molecule has 16 heavy (non-hydrogen) atoms. The first-order chi connectivity index (χ1) is 7.92. The largest absolute Gasteiger partial charge is 0.349 e. The third-order valence-corrected chi connectivity index (χ3v) is 3.64. The Morgan fingerprint density at radius 3 is 2.81 bits per heavy atom. The van der Waals surface area contributed by atoms with Gasteiger partial charge in [0.25, 0.3) is 0 Å². The number of nitrogens with zero attached hydrogens (tertiary/aromatic N) is 3. The lowest BCUT2D eigenvalue weighted by Gasteiger charge is -2.00. The van der Waals surface area contributed by atoms with E-state index in [1.807, 2.05) is 12.3 Å². The smallest absolute Gasteiger partial charge is 0.222 e. The van der Waals surface area contributed by atoms with E-state index in [0.29, 0.717) is 5.95 Å². The van der Waals surface area contributed by atoms with Crippen LogP contribution in [0, 0.1) is 0 Å². The molecule has 0 aliphatic heterocycles. The first-order valence-electron chi connectivity index (χ1n) is 5.37. The number of hydrogen-bond donors (Lipinski definition) is 1. The average molecular weight is 232 g/mol. The van der Waals surface area contributed by atoms with Crippen LogP contribution in [0.5, 0.6) is 0 Å². The maximum Gasteiger partial charge on any atom is 0.222 e. The van der Waals surface area contributed by atoms with Gasteiger partial charge in [0, 0.05) is 29.4 Å². The van der Waals surface area contributed by atoms with E-state index in [-0.39, 0.29) is 0 Å². The lowest BCUT2D eigenvalue weighted by molar-refractivity contribution is 1.06. The van der Waals surface area contributed by atoms with Crippen LogP contribution >= 0.6 is 11.3 Å². The minimum Gasteiger partial charge on any atom is -0.349 e. The Morgan fingerprint density at radius 2 is 2.06 bits per heavy atom. The quantitative estimate of drug-likeness (QED) is 0.879. The molecular weight excluding hydrogens is 220 g/mol. The van der Waals surface area contributed by atoms with Crippen molar-refractivity contribution in [3.63, 3.8) is 0 Å². The molecule has 82 valence electrons. The average Bonchev–Trinajstić information content (AvgIpc) is 3.08. The summed E-state index contributed by atoms with van der Waals surface area (Å²) in [5, 5.41) is 4.46. The molecule has 2 aromatic heterocycles. The Labute approximate surface area is 97.8 Å². The molecule has 1 fully saturated rings. The van der Waals surface area contributed by atoms with Gasteiger partial charge in [-0.2, -0.15) is 0 Å². The van der Waals surface area contributed by atoms with Crippen LogP contribution in [0.2, 0.25) is 0 Å². The van der Waals surface area contributed by atoms with E-state index in [1.165, 1.54) is 22.7 Å². The summed E-state index contributed by atoms with van der Waals surface area (Å²) in [4.78, 5) is 13.9. The Kier molecular flexibility index (Phi) is 2.53. The molecule has 0 aromatic carbocycles. The van der Waals surface area contributed by atoms with Crippen molar-refractivity contribution in [2.24, 2.45) is 0 Å². The van der Waals surface area contributed by atoms with E-state index < -0.39 is 0 Å². The van der Waals surface area contributed by atoms with Gasteiger partial charge in [-0.3, -0.25) is 0 Å². The van der Waals surface area contributed by atoms with Crippen LogP contribution in [0.4, 0.5) is 5.95 Å². The van der Waals surface area contributed by atoms with Crippen LogP contribution in [0.25, 0.3) is 0 Å². The molecule has 2 aromatic rings. The second-order valence-corrected chi connectivity index (χ2v) is 5.01. The van der Waals surface area contributed by atoms with Crippen LogP contribution in [0.15, 0.2) is 24.7 Å². The van der Waals surface area contributed by atoms with Gasteiger partial charge in [0.15, 0.2) is 0 Å². The van der Waals surface area contributed by atoms with E-state index in [2.05, 4.69) is 20.3 Å². The molecule has 3 rings (SSSR count). The minimum atomic E-state index is 0.670. The molecule has 0 bridgehead atoms. The molecule has 0 amide bonds. The third kappa shape index (κ3) is 2.19. The predicted molar refractivity (Wildman–Crippen MR) is 63.4 cm³/mol. The molecule has 1 saturated carbocycles. The van der Waals surface area contributed by atoms with Crippen molar-refractivity contribution in [3.05, 3.63) is 34.5 Å². The maximum atomic E-state index is 4.43. The Bertz CT molecular complexity index is 464. The summed E-state index contributed by atoms with van der Waals surface area (Å²) in [5.74, 6) is 1.41. The lowest BCUT2D eigenvalue weighted by atomic mass is 10.5. The fourth-order valence-corrected chi connectivity index (χ4v) is 2.51. The van der Waals surface area contributed by atoms with Crippen molar-refractivity contribution in [1.29, 1.82) is 0 Å². The highest BCUT2D eigenvalue weighted by Gasteiger charge is 2.26. The highest BCUT2D eigenvalue weighted by Crippen LogP contribution is 2.41. The first kappa shape index (κ1) is 9.72. The molecule has 1 aliphatic rings. The van der Waals surface area contributed by atoms with Gasteiger partial charge in [-0.05, 0) is 18.9 Å². The molecule has 1 aliphatic carbocycles. The van der Waals surface area contributed by atoms with E-state index >= 15 is 0 Å². The maximum absolute atomic E-state index is 4.43. The Hall–Kier alpha value is -1.49. The second kappa shape index (κ2) is 4.17. The highest BCUT2D eigenvalue weighted by atomic mass is 32.1. The third-order valence-electron chi connectivity index (χ3n) is 2.48. The zero-order chi connectivity index (χ0) is 10.8. The molecule has 0 atom stereocenters. The van der Waals surface area contributed by atoms with Gasteiger partial charge >= 0.3 is 0 Å². The second-order valence-electron chi connectivity index (χ2n) is 3.87. The summed E-state index contributed by atoms with van der Waals surface area (Å²) in [5.41, 5.74) is 0. The SMILES string of the molecule is c1cnc(NCc2cnc(C3CC3)s2)nc1. The van der Waals surface area contributed by atoms with Gasteiger partial charge in [0.2, 0.25) is 5.95 Å². The molecule has 0 saturated heterocycles. The van der Waals surface area contributed by atoms with Gasteiger partial charge in [0.1, 0.15) is 0 Å². The number of nitrogens with one attached hydrogen (secondary N) is 1. The van der Waals surface area contributed by atoms with Crippen LogP contribution in [-0.4, -0.2) is 15.0 Å². The summed E-state index contributed by atoms with van der Waals surface area (Å²) in [6, 6.07) is 1.81. The number of anilines is 1. The Morgan fingerprint density at radius 1 is 1.25 bits per heavy atom. The van der Waals surface area contributed by atoms with Crippen molar-refractivity contribution in [2.75, 3.05) is 5.32 Å². The zero-order valence-corrected chi connectivity index (χ0v) is 9.57. The highest BCUT2D eigenvalue weighted by molar-refractivity contribution is 7.11. The van der Waals surface area contributed by atoms with Gasteiger partial charge in [-0.25, -0.2) is 15.0 Å². The number of thiazole rings is 1. The minimum absolute atomic E-state index is 0.670. The number of hydrogen-bond acceptors (Lipinski definition) is 5. The molecule has 5 heteroatoms. The molecule has 2 heterocycles. The van der Waals surface area contributed by atoms with Gasteiger partial charge in [-0.1, -0.05) is 0 Å². The summed E-state index contributed by atoms with van der Waals surface area (Å²) < 4.78 is 0. The summed E-state index contributed by atoms with van der Waals surface area (Å²) >= 11 is 1.79. The van der Waals surface area contributed by atoms with E-state index in [1.54, 1.807) is 23.7 Å².